The van der Waals surface area contributed by atoms with Gasteiger partial charge in [-0.1, -0.05) is 23.7 Å². The van der Waals surface area contributed by atoms with Crippen molar-refractivity contribution in [2.45, 2.75) is 6.42 Å². The van der Waals surface area contributed by atoms with Crippen LogP contribution in [0.3, 0.4) is 0 Å². The summed E-state index contributed by atoms with van der Waals surface area (Å²) in [6, 6.07) is 7.78. The molecule has 0 fully saturated rings. The molecule has 0 aliphatic rings. The molecule has 1 rings (SSSR count). The van der Waals surface area contributed by atoms with E-state index in [0.717, 1.165) is 18.0 Å². The molecule has 58 valence electrons. The van der Waals surface area contributed by atoms with E-state index in [-0.39, 0.29) is 0 Å². The van der Waals surface area contributed by atoms with Gasteiger partial charge in [0.2, 0.25) is 0 Å². The molecule has 11 heavy (non-hydrogen) atoms. The standard InChI is InChI=1S/C9H10ClN/c1-11-6-5-8-3-2-4-9(10)7-8/h1-4,7,11H,5-6H2. The number of nitrogens with one attached hydrogen (secondary N) is 1. The van der Waals surface area contributed by atoms with Gasteiger partial charge >= 0.3 is 0 Å². The van der Waals surface area contributed by atoms with Crippen molar-refractivity contribution in [3.8, 4) is 0 Å². The number of halogens is 1. The molecule has 0 bridgehead atoms. The SMILES string of the molecule is [CH]NCCc1cccc(Cl)c1. The highest BCUT2D eigenvalue weighted by Gasteiger charge is 1.91. The Balaban J connectivity index is 2.56. The topological polar surface area (TPSA) is 12.0 Å². The van der Waals surface area contributed by atoms with Crippen LogP contribution in [0.15, 0.2) is 24.3 Å². The van der Waals surface area contributed by atoms with Crippen LogP contribution in [-0.4, -0.2) is 6.54 Å². The summed E-state index contributed by atoms with van der Waals surface area (Å²) in [5.41, 5.74) is 1.20. The van der Waals surface area contributed by atoms with Crippen molar-refractivity contribution in [3.05, 3.63) is 41.9 Å². The maximum absolute atomic E-state index is 5.77. The minimum absolute atomic E-state index is 0.777. The summed E-state index contributed by atoms with van der Waals surface area (Å²) in [6.07, 6.45) is 0.914. The number of benzene rings is 1. The van der Waals surface area contributed by atoms with Crippen LogP contribution in [0.1, 0.15) is 5.56 Å². The second kappa shape index (κ2) is 4.37. The van der Waals surface area contributed by atoms with Gasteiger partial charge in [-0.05, 0) is 30.7 Å². The Morgan fingerprint density at radius 2 is 2.27 bits per heavy atom. The molecule has 0 aliphatic carbocycles. The van der Waals surface area contributed by atoms with Crippen LogP contribution in [-0.2, 0) is 6.42 Å². The lowest BCUT2D eigenvalue weighted by atomic mass is 10.1. The Labute approximate surface area is 72.4 Å². The van der Waals surface area contributed by atoms with Gasteiger partial charge in [0.25, 0.3) is 0 Å². The van der Waals surface area contributed by atoms with Gasteiger partial charge in [0.15, 0.2) is 0 Å². The molecule has 1 aromatic rings. The molecule has 1 aromatic carbocycles. The van der Waals surface area contributed by atoms with Gasteiger partial charge in [0.05, 0.1) is 0 Å². The van der Waals surface area contributed by atoms with E-state index in [0.29, 0.717) is 0 Å². The van der Waals surface area contributed by atoms with Crippen LogP contribution >= 0.6 is 11.6 Å². The van der Waals surface area contributed by atoms with E-state index in [1.54, 1.807) is 0 Å². The molecule has 2 radical (unpaired) electrons. The zero-order chi connectivity index (χ0) is 8.10. The summed E-state index contributed by atoms with van der Waals surface area (Å²) in [5, 5.41) is 3.37. The first-order chi connectivity index (χ1) is 5.33. The first-order valence-electron chi connectivity index (χ1n) is 3.51. The van der Waals surface area contributed by atoms with E-state index in [1.807, 2.05) is 24.3 Å². The van der Waals surface area contributed by atoms with Crippen molar-refractivity contribution in [2.24, 2.45) is 0 Å². The van der Waals surface area contributed by atoms with Gasteiger partial charge in [0, 0.05) is 12.1 Å². The lowest BCUT2D eigenvalue weighted by molar-refractivity contribution is 0.829. The van der Waals surface area contributed by atoms with Crippen LogP contribution in [0.25, 0.3) is 0 Å². The zero-order valence-electron chi connectivity index (χ0n) is 6.18. The predicted molar refractivity (Wildman–Crippen MR) is 47.5 cm³/mol. The largest absolute Gasteiger partial charge is 0.311 e. The molecule has 0 heterocycles. The minimum atomic E-state index is 0.777. The van der Waals surface area contributed by atoms with Gasteiger partial charge in [-0.2, -0.15) is 0 Å². The van der Waals surface area contributed by atoms with E-state index >= 15 is 0 Å². The van der Waals surface area contributed by atoms with E-state index in [4.69, 9.17) is 18.6 Å². The Bertz CT molecular complexity index is 223. The fourth-order valence-electron chi connectivity index (χ4n) is 0.909. The third kappa shape index (κ3) is 2.91. The third-order valence-electron chi connectivity index (χ3n) is 1.45. The van der Waals surface area contributed by atoms with Gasteiger partial charge in [-0.25, -0.2) is 0 Å². The van der Waals surface area contributed by atoms with E-state index in [9.17, 15) is 0 Å². The summed E-state index contributed by atoms with van der Waals surface area (Å²) in [7, 11) is 5.13. The second-order valence-corrected chi connectivity index (χ2v) is 2.77. The van der Waals surface area contributed by atoms with E-state index in [1.165, 1.54) is 5.56 Å². The summed E-state index contributed by atoms with van der Waals surface area (Å²) in [6.45, 7) is 0.778. The first-order valence-corrected chi connectivity index (χ1v) is 3.88. The molecule has 0 spiro atoms. The molecule has 0 saturated heterocycles. The van der Waals surface area contributed by atoms with Crippen molar-refractivity contribution in [3.63, 3.8) is 0 Å². The second-order valence-electron chi connectivity index (χ2n) is 2.33. The zero-order valence-corrected chi connectivity index (χ0v) is 6.93. The Morgan fingerprint density at radius 3 is 2.91 bits per heavy atom. The highest BCUT2D eigenvalue weighted by Crippen LogP contribution is 2.10. The normalized spacial score (nSPS) is 10.0. The number of rotatable bonds is 3. The van der Waals surface area contributed by atoms with Gasteiger partial charge in [-0.15, -0.1) is 0 Å². The van der Waals surface area contributed by atoms with Crippen molar-refractivity contribution in [2.75, 3.05) is 6.54 Å². The molecular weight excluding hydrogens is 158 g/mol. The third-order valence-corrected chi connectivity index (χ3v) is 1.68. The Hall–Kier alpha value is -0.530. The summed E-state index contributed by atoms with van der Waals surface area (Å²) in [5.74, 6) is 0. The highest BCUT2D eigenvalue weighted by atomic mass is 35.5. The summed E-state index contributed by atoms with van der Waals surface area (Å²) in [4.78, 5) is 0. The van der Waals surface area contributed by atoms with Crippen LogP contribution in [0.5, 0.6) is 0 Å². The van der Waals surface area contributed by atoms with Gasteiger partial charge in [-0.3, -0.25) is 0 Å². The average molecular weight is 168 g/mol. The molecular formula is C9H10ClN. The first kappa shape index (κ1) is 8.57. The Morgan fingerprint density at radius 1 is 1.45 bits per heavy atom. The molecule has 0 aromatic heterocycles. The minimum Gasteiger partial charge on any atom is -0.311 e. The molecule has 2 heteroatoms. The molecule has 0 aliphatic heterocycles. The average Bonchev–Trinajstić information content (AvgIpc) is 2.01. The fourth-order valence-corrected chi connectivity index (χ4v) is 1.12. The fraction of sp³-hybridized carbons (Fsp3) is 0.222. The number of hydrogen-bond donors (Lipinski definition) is 1. The van der Waals surface area contributed by atoms with Crippen LogP contribution in [0.2, 0.25) is 5.02 Å². The van der Waals surface area contributed by atoms with Crippen molar-refractivity contribution in [1.82, 2.24) is 5.32 Å². The van der Waals surface area contributed by atoms with Crippen LogP contribution in [0, 0.1) is 7.05 Å². The monoisotopic (exact) mass is 167 g/mol. The van der Waals surface area contributed by atoms with Gasteiger partial charge in [0.1, 0.15) is 0 Å². The highest BCUT2D eigenvalue weighted by molar-refractivity contribution is 6.30. The molecule has 0 unspecified atom stereocenters. The van der Waals surface area contributed by atoms with Gasteiger partial charge < -0.3 is 5.32 Å². The predicted octanol–water partition coefficient (Wildman–Crippen LogP) is 2.14. The summed E-state index contributed by atoms with van der Waals surface area (Å²) >= 11 is 5.77. The van der Waals surface area contributed by atoms with Crippen molar-refractivity contribution >= 4 is 11.6 Å². The molecule has 0 saturated carbocycles. The maximum atomic E-state index is 5.77. The van der Waals surface area contributed by atoms with Crippen molar-refractivity contribution in [1.29, 1.82) is 0 Å². The lowest BCUT2D eigenvalue weighted by Crippen LogP contribution is -2.07. The Kier molecular flexibility index (Phi) is 3.40. The smallest absolute Gasteiger partial charge is 0.0408 e. The molecule has 1 nitrogen and oxygen atoms in total. The van der Waals surface area contributed by atoms with Crippen LogP contribution in [0.4, 0.5) is 0 Å². The van der Waals surface area contributed by atoms with Crippen molar-refractivity contribution < 1.29 is 0 Å². The molecule has 1 N–H and O–H groups in total. The quantitative estimate of drug-likeness (QED) is 0.681. The molecule has 0 amide bonds. The van der Waals surface area contributed by atoms with Crippen LogP contribution < -0.4 is 5.32 Å². The van der Waals surface area contributed by atoms with E-state index < -0.39 is 0 Å². The number of hydrogen-bond acceptors (Lipinski definition) is 1. The maximum Gasteiger partial charge on any atom is 0.0408 e. The van der Waals surface area contributed by atoms with E-state index in [2.05, 4.69) is 5.32 Å². The lowest BCUT2D eigenvalue weighted by Gasteiger charge is -1.99. The summed E-state index contributed by atoms with van der Waals surface area (Å²) < 4.78 is 0. The molecule has 0 atom stereocenters.